The second kappa shape index (κ2) is 5.37. The molecule has 0 aliphatic heterocycles. The maximum absolute atomic E-state index is 12.2. The second-order valence-electron chi connectivity index (χ2n) is 5.47. The fraction of sp³-hybridized carbons (Fsp3) is 0.533. The van der Waals surface area contributed by atoms with Crippen molar-refractivity contribution < 1.29 is 4.79 Å². The molecule has 2 heterocycles. The molecule has 0 radical (unpaired) electrons. The van der Waals surface area contributed by atoms with Crippen LogP contribution in [0.3, 0.4) is 0 Å². The summed E-state index contributed by atoms with van der Waals surface area (Å²) in [7, 11) is 1.96. The SMILES string of the molecule is Cn1c(C(=O)NCC2CCCCC2)cc2sccc21. The Morgan fingerprint density at radius 1 is 1.42 bits per heavy atom. The molecule has 1 fully saturated rings. The average molecular weight is 276 g/mol. The van der Waals surface area contributed by atoms with Crippen LogP contribution in [0.15, 0.2) is 17.5 Å². The molecule has 2 aromatic rings. The largest absolute Gasteiger partial charge is 0.350 e. The number of hydrogen-bond donors (Lipinski definition) is 1. The summed E-state index contributed by atoms with van der Waals surface area (Å²) in [5.74, 6) is 0.746. The van der Waals surface area contributed by atoms with Crippen molar-refractivity contribution in [2.24, 2.45) is 13.0 Å². The smallest absolute Gasteiger partial charge is 0.267 e. The number of rotatable bonds is 3. The normalized spacial score (nSPS) is 16.9. The third-order valence-electron chi connectivity index (χ3n) is 4.17. The summed E-state index contributed by atoms with van der Waals surface area (Å²) >= 11 is 1.69. The van der Waals surface area contributed by atoms with Gasteiger partial charge in [0.1, 0.15) is 5.69 Å². The standard InChI is InChI=1S/C15H20N2OS/c1-17-12-7-8-19-14(12)9-13(17)15(18)16-10-11-5-3-2-4-6-11/h7-9,11H,2-6,10H2,1H3,(H,16,18). The van der Waals surface area contributed by atoms with Gasteiger partial charge in [0, 0.05) is 13.6 Å². The molecule has 102 valence electrons. The predicted octanol–water partition coefficient (Wildman–Crippen LogP) is 3.55. The molecule has 0 bridgehead atoms. The zero-order chi connectivity index (χ0) is 13.2. The lowest BCUT2D eigenvalue weighted by atomic mass is 9.89. The van der Waals surface area contributed by atoms with Crippen LogP contribution in [0.5, 0.6) is 0 Å². The van der Waals surface area contributed by atoms with E-state index in [0.29, 0.717) is 5.92 Å². The summed E-state index contributed by atoms with van der Waals surface area (Å²) < 4.78 is 3.17. The number of carbonyl (C=O) groups excluding carboxylic acids is 1. The summed E-state index contributed by atoms with van der Waals surface area (Å²) in [4.78, 5) is 12.2. The minimum atomic E-state index is 0.0662. The van der Waals surface area contributed by atoms with Crippen LogP contribution in [-0.2, 0) is 7.05 Å². The molecule has 1 N–H and O–H groups in total. The van der Waals surface area contributed by atoms with E-state index in [1.54, 1.807) is 11.3 Å². The van der Waals surface area contributed by atoms with Crippen molar-refractivity contribution in [2.45, 2.75) is 32.1 Å². The molecule has 4 heteroatoms. The molecule has 3 nitrogen and oxygen atoms in total. The number of amides is 1. The average Bonchev–Trinajstić information content (AvgIpc) is 3.01. The zero-order valence-corrected chi connectivity index (χ0v) is 12.1. The second-order valence-corrected chi connectivity index (χ2v) is 6.42. The molecule has 19 heavy (non-hydrogen) atoms. The minimum Gasteiger partial charge on any atom is -0.350 e. The van der Waals surface area contributed by atoms with Gasteiger partial charge in [-0.1, -0.05) is 19.3 Å². The van der Waals surface area contributed by atoms with Gasteiger partial charge >= 0.3 is 0 Å². The molecule has 0 spiro atoms. The van der Waals surface area contributed by atoms with Crippen LogP contribution in [0.1, 0.15) is 42.6 Å². The van der Waals surface area contributed by atoms with Crippen LogP contribution in [0.25, 0.3) is 10.2 Å². The maximum atomic E-state index is 12.2. The lowest BCUT2D eigenvalue weighted by molar-refractivity contribution is 0.0936. The van der Waals surface area contributed by atoms with Crippen molar-refractivity contribution in [3.05, 3.63) is 23.2 Å². The third kappa shape index (κ3) is 2.54. The molecule has 0 atom stereocenters. The third-order valence-corrected chi connectivity index (χ3v) is 5.03. The minimum absolute atomic E-state index is 0.0662. The summed E-state index contributed by atoms with van der Waals surface area (Å²) in [6.45, 7) is 0.831. The monoisotopic (exact) mass is 276 g/mol. The molecule has 0 unspecified atom stereocenters. The van der Waals surface area contributed by atoms with E-state index < -0.39 is 0 Å². The predicted molar refractivity (Wildman–Crippen MR) is 79.7 cm³/mol. The first-order chi connectivity index (χ1) is 9.25. The molecule has 1 aliphatic carbocycles. The molecule has 3 rings (SSSR count). The number of hydrogen-bond acceptors (Lipinski definition) is 2. The molecule has 2 aromatic heterocycles. The highest BCUT2D eigenvalue weighted by Crippen LogP contribution is 2.25. The van der Waals surface area contributed by atoms with Gasteiger partial charge in [-0.2, -0.15) is 0 Å². The summed E-state index contributed by atoms with van der Waals surface area (Å²) in [5, 5.41) is 5.17. The van der Waals surface area contributed by atoms with Gasteiger partial charge < -0.3 is 9.88 Å². The Morgan fingerprint density at radius 2 is 2.21 bits per heavy atom. The van der Waals surface area contributed by atoms with Gasteiger partial charge in [-0.25, -0.2) is 0 Å². The van der Waals surface area contributed by atoms with E-state index in [1.807, 2.05) is 17.7 Å². The van der Waals surface area contributed by atoms with Crippen molar-refractivity contribution in [3.63, 3.8) is 0 Å². The van der Waals surface area contributed by atoms with Crippen LogP contribution in [0, 0.1) is 5.92 Å². The van der Waals surface area contributed by atoms with Gasteiger partial charge in [-0.05, 0) is 36.3 Å². The fourth-order valence-corrected chi connectivity index (χ4v) is 3.84. The molecular formula is C15H20N2OS. The van der Waals surface area contributed by atoms with Gasteiger partial charge in [0.05, 0.1) is 10.2 Å². The van der Waals surface area contributed by atoms with Crippen molar-refractivity contribution in [3.8, 4) is 0 Å². The zero-order valence-electron chi connectivity index (χ0n) is 11.3. The van der Waals surface area contributed by atoms with E-state index in [4.69, 9.17) is 0 Å². The number of nitrogens with one attached hydrogen (secondary N) is 1. The highest BCUT2D eigenvalue weighted by atomic mass is 32.1. The summed E-state index contributed by atoms with van der Waals surface area (Å²) in [6, 6.07) is 4.06. The molecule has 0 saturated heterocycles. The van der Waals surface area contributed by atoms with Gasteiger partial charge in [0.2, 0.25) is 0 Å². The van der Waals surface area contributed by atoms with Crippen LogP contribution < -0.4 is 5.32 Å². The summed E-state index contributed by atoms with van der Waals surface area (Å²) in [6.07, 6.45) is 6.53. The van der Waals surface area contributed by atoms with Gasteiger partial charge in [0.15, 0.2) is 0 Å². The van der Waals surface area contributed by atoms with Crippen molar-refractivity contribution in [1.82, 2.24) is 9.88 Å². The molecule has 0 aromatic carbocycles. The van der Waals surface area contributed by atoms with Crippen molar-refractivity contribution >= 4 is 27.5 Å². The van der Waals surface area contributed by atoms with E-state index in [1.165, 1.54) is 36.8 Å². The van der Waals surface area contributed by atoms with Gasteiger partial charge in [-0.15, -0.1) is 11.3 Å². The summed E-state index contributed by atoms with van der Waals surface area (Å²) in [5.41, 5.74) is 1.92. The molecule has 1 saturated carbocycles. The highest BCUT2D eigenvalue weighted by Gasteiger charge is 2.17. The Morgan fingerprint density at radius 3 is 2.95 bits per heavy atom. The lowest BCUT2D eigenvalue weighted by Gasteiger charge is -2.21. The molecule has 1 aliphatic rings. The van der Waals surface area contributed by atoms with Gasteiger partial charge in [0.25, 0.3) is 5.91 Å². The number of fused-ring (bicyclic) bond motifs is 1. The molecule has 1 amide bonds. The fourth-order valence-electron chi connectivity index (χ4n) is 2.99. The topological polar surface area (TPSA) is 34.0 Å². The first-order valence-electron chi connectivity index (χ1n) is 7.07. The Bertz CT molecular complexity index is 578. The van der Waals surface area contributed by atoms with E-state index in [9.17, 15) is 4.79 Å². The van der Waals surface area contributed by atoms with E-state index in [2.05, 4.69) is 16.8 Å². The number of carbonyl (C=O) groups is 1. The van der Waals surface area contributed by atoms with Crippen LogP contribution >= 0.6 is 11.3 Å². The van der Waals surface area contributed by atoms with Crippen LogP contribution in [0.4, 0.5) is 0 Å². The Hall–Kier alpha value is -1.29. The van der Waals surface area contributed by atoms with Gasteiger partial charge in [-0.3, -0.25) is 4.79 Å². The number of nitrogens with zero attached hydrogens (tertiary/aromatic N) is 1. The Kier molecular flexibility index (Phi) is 3.60. The quantitative estimate of drug-likeness (QED) is 0.914. The number of thiophene rings is 1. The van der Waals surface area contributed by atoms with E-state index >= 15 is 0 Å². The first-order valence-corrected chi connectivity index (χ1v) is 7.95. The Balaban J connectivity index is 1.66. The lowest BCUT2D eigenvalue weighted by Crippen LogP contribution is -2.31. The van der Waals surface area contributed by atoms with E-state index in [-0.39, 0.29) is 5.91 Å². The molecular weight excluding hydrogens is 256 g/mol. The first kappa shape index (κ1) is 12.7. The Labute approximate surface area is 117 Å². The maximum Gasteiger partial charge on any atom is 0.267 e. The number of aryl methyl sites for hydroxylation is 1. The number of aromatic nitrogens is 1. The van der Waals surface area contributed by atoms with E-state index in [0.717, 1.165) is 17.8 Å². The van der Waals surface area contributed by atoms with Crippen LogP contribution in [-0.4, -0.2) is 17.0 Å². The van der Waals surface area contributed by atoms with Crippen LogP contribution in [0.2, 0.25) is 0 Å². The van der Waals surface area contributed by atoms with Crippen molar-refractivity contribution in [1.29, 1.82) is 0 Å². The van der Waals surface area contributed by atoms with Crippen molar-refractivity contribution in [2.75, 3.05) is 6.54 Å². The highest BCUT2D eigenvalue weighted by molar-refractivity contribution is 7.17.